The second-order valence-corrected chi connectivity index (χ2v) is 13.4. The van der Waals surface area contributed by atoms with Crippen LogP contribution in [0.15, 0.2) is 188 Å². The number of para-hydroxylation sites is 5. The van der Waals surface area contributed by atoms with E-state index in [2.05, 4.69) is 202 Å². The van der Waals surface area contributed by atoms with E-state index in [0.29, 0.717) is 0 Å². The van der Waals surface area contributed by atoms with Crippen molar-refractivity contribution in [2.45, 2.75) is 0 Å². The first-order valence-corrected chi connectivity index (χ1v) is 17.5. The maximum absolute atomic E-state index is 2.47. The summed E-state index contributed by atoms with van der Waals surface area (Å²) in [5, 5.41) is 7.56. The summed E-state index contributed by atoms with van der Waals surface area (Å²) in [5.74, 6) is 0. The van der Waals surface area contributed by atoms with Crippen molar-refractivity contribution in [2.75, 3.05) is 0 Å². The van der Waals surface area contributed by atoms with E-state index in [9.17, 15) is 0 Å². The quantitative estimate of drug-likeness (QED) is 0.180. The van der Waals surface area contributed by atoms with Crippen molar-refractivity contribution >= 4 is 65.4 Å². The van der Waals surface area contributed by atoms with Crippen LogP contribution in [0.2, 0.25) is 0 Å². The Morgan fingerprint density at radius 1 is 0.235 bits per heavy atom. The van der Waals surface area contributed by atoms with Gasteiger partial charge in [-0.15, -0.1) is 0 Å². The molecule has 0 unspecified atom stereocenters. The Kier molecular flexibility index (Phi) is 5.96. The average molecular weight is 650 g/mol. The molecule has 0 fully saturated rings. The third-order valence-electron chi connectivity index (χ3n) is 10.6. The minimum absolute atomic E-state index is 1.14. The van der Waals surface area contributed by atoms with Crippen LogP contribution in [0, 0.1) is 0 Å². The summed E-state index contributed by atoms with van der Waals surface area (Å²) in [7, 11) is 0. The van der Waals surface area contributed by atoms with Gasteiger partial charge in [0.05, 0.1) is 33.1 Å². The van der Waals surface area contributed by atoms with E-state index in [1.165, 1.54) is 76.5 Å². The molecule has 0 saturated carbocycles. The second-order valence-electron chi connectivity index (χ2n) is 13.4. The van der Waals surface area contributed by atoms with E-state index >= 15 is 0 Å². The minimum Gasteiger partial charge on any atom is -0.309 e. The highest BCUT2D eigenvalue weighted by molar-refractivity contribution is 6.23. The van der Waals surface area contributed by atoms with Gasteiger partial charge < -0.3 is 13.7 Å². The Balaban J connectivity index is 1.13. The summed E-state index contributed by atoms with van der Waals surface area (Å²) in [5.41, 5.74) is 13.1. The molecule has 11 rings (SSSR count). The lowest BCUT2D eigenvalue weighted by Crippen LogP contribution is -1.99. The molecule has 3 heteroatoms. The van der Waals surface area contributed by atoms with E-state index in [1.54, 1.807) is 0 Å². The van der Waals surface area contributed by atoms with Gasteiger partial charge in [-0.05, 0) is 71.8 Å². The van der Waals surface area contributed by atoms with E-state index < -0.39 is 0 Å². The lowest BCUT2D eigenvalue weighted by Gasteiger charge is -2.14. The van der Waals surface area contributed by atoms with Crippen molar-refractivity contribution in [3.05, 3.63) is 188 Å². The van der Waals surface area contributed by atoms with E-state index in [4.69, 9.17) is 0 Å². The fourth-order valence-electron chi connectivity index (χ4n) is 8.44. The zero-order chi connectivity index (χ0) is 33.5. The van der Waals surface area contributed by atoms with Gasteiger partial charge in [-0.3, -0.25) is 0 Å². The van der Waals surface area contributed by atoms with Crippen LogP contribution in [-0.4, -0.2) is 13.7 Å². The summed E-state index contributed by atoms with van der Waals surface area (Å²) in [6.07, 6.45) is 0. The van der Waals surface area contributed by atoms with Gasteiger partial charge in [0.15, 0.2) is 0 Å². The zero-order valence-electron chi connectivity index (χ0n) is 27.7. The van der Waals surface area contributed by atoms with Gasteiger partial charge in [0.1, 0.15) is 0 Å². The molecule has 0 aliphatic rings. The van der Waals surface area contributed by atoms with Gasteiger partial charge in [0.2, 0.25) is 0 Å². The summed E-state index contributed by atoms with van der Waals surface area (Å²) < 4.78 is 7.29. The molecule has 238 valence electrons. The predicted octanol–water partition coefficient (Wildman–Crippen LogP) is 12.6. The first-order valence-electron chi connectivity index (χ1n) is 17.5. The summed E-state index contributed by atoms with van der Waals surface area (Å²) in [4.78, 5) is 0. The van der Waals surface area contributed by atoms with Gasteiger partial charge in [0.25, 0.3) is 0 Å². The van der Waals surface area contributed by atoms with Crippen molar-refractivity contribution in [3.8, 4) is 28.2 Å². The molecule has 0 radical (unpaired) electrons. The molecule has 0 atom stereocenters. The Hall–Kier alpha value is -6.84. The molecular weight excluding hydrogens is 619 g/mol. The minimum atomic E-state index is 1.14. The monoisotopic (exact) mass is 649 g/mol. The van der Waals surface area contributed by atoms with Crippen LogP contribution in [0.1, 0.15) is 0 Å². The number of benzene rings is 8. The largest absolute Gasteiger partial charge is 0.309 e. The Bertz CT molecular complexity index is 3070. The van der Waals surface area contributed by atoms with Crippen molar-refractivity contribution in [3.63, 3.8) is 0 Å². The molecule has 51 heavy (non-hydrogen) atoms. The van der Waals surface area contributed by atoms with Crippen LogP contribution in [0.3, 0.4) is 0 Å². The fourth-order valence-corrected chi connectivity index (χ4v) is 8.44. The molecule has 3 nitrogen and oxygen atoms in total. The van der Waals surface area contributed by atoms with E-state index in [0.717, 1.165) is 17.1 Å². The van der Waals surface area contributed by atoms with Gasteiger partial charge >= 0.3 is 0 Å². The summed E-state index contributed by atoms with van der Waals surface area (Å²) >= 11 is 0. The molecule has 0 N–H and O–H groups in total. The topological polar surface area (TPSA) is 14.8 Å². The smallest absolute Gasteiger partial charge is 0.0788 e. The molecule has 0 aliphatic heterocycles. The Morgan fingerprint density at radius 3 is 1.20 bits per heavy atom. The number of nitrogens with zero attached hydrogens (tertiary/aromatic N) is 3. The predicted molar refractivity (Wildman–Crippen MR) is 215 cm³/mol. The second kappa shape index (κ2) is 10.8. The van der Waals surface area contributed by atoms with Gasteiger partial charge in [-0.1, -0.05) is 127 Å². The highest BCUT2D eigenvalue weighted by atomic mass is 15.0. The van der Waals surface area contributed by atoms with Gasteiger partial charge in [-0.2, -0.15) is 0 Å². The van der Waals surface area contributed by atoms with Crippen molar-refractivity contribution < 1.29 is 0 Å². The maximum atomic E-state index is 2.47. The molecule has 8 aromatic carbocycles. The van der Waals surface area contributed by atoms with Crippen molar-refractivity contribution in [1.29, 1.82) is 0 Å². The van der Waals surface area contributed by atoms with Crippen LogP contribution in [0.4, 0.5) is 0 Å². The Morgan fingerprint density at radius 2 is 0.647 bits per heavy atom. The lowest BCUT2D eigenvalue weighted by molar-refractivity contribution is 1.15. The van der Waals surface area contributed by atoms with Crippen molar-refractivity contribution in [1.82, 2.24) is 13.7 Å². The molecule has 0 saturated heterocycles. The third kappa shape index (κ3) is 4.06. The summed E-state index contributed by atoms with van der Waals surface area (Å²) in [6, 6.07) is 68.4. The fraction of sp³-hybridized carbons (Fsp3) is 0. The van der Waals surface area contributed by atoms with E-state index in [-0.39, 0.29) is 0 Å². The number of aromatic nitrogens is 3. The standard InChI is InChI=1S/C48H31N3/c1-2-14-34(15-3-1)50-45-23-10-6-19-39(45)41-29-30-42-40-20-7-11-24-46(40)51(48(42)47(41)50)36-16-12-13-33(31-36)32-25-27-35(28-26-32)49-43-21-8-4-17-37(43)38-18-5-9-22-44(38)49/h1-31H. The Labute approximate surface area is 294 Å². The SMILES string of the molecule is c1ccc(-n2c3ccccc3c3ccc4c5ccccc5n(-c5cccc(-c6ccc(-n7c8ccccc8c8ccccc87)cc6)c5)c4c32)cc1. The average Bonchev–Trinajstić information content (AvgIpc) is 3.84. The van der Waals surface area contributed by atoms with Crippen LogP contribution in [-0.2, 0) is 0 Å². The lowest BCUT2D eigenvalue weighted by atomic mass is 10.0. The highest BCUT2D eigenvalue weighted by Gasteiger charge is 2.21. The van der Waals surface area contributed by atoms with Crippen LogP contribution < -0.4 is 0 Å². The number of rotatable bonds is 4. The summed E-state index contributed by atoms with van der Waals surface area (Å²) in [6.45, 7) is 0. The normalized spacial score (nSPS) is 11.9. The first-order chi connectivity index (χ1) is 25.3. The molecule has 3 aromatic heterocycles. The molecule has 3 heterocycles. The molecule has 0 bridgehead atoms. The van der Waals surface area contributed by atoms with Crippen LogP contribution >= 0.6 is 0 Å². The highest BCUT2D eigenvalue weighted by Crippen LogP contribution is 2.42. The zero-order valence-corrected chi connectivity index (χ0v) is 27.7. The molecule has 0 aliphatic carbocycles. The number of fused-ring (bicyclic) bond motifs is 10. The number of hydrogen-bond donors (Lipinski definition) is 0. The van der Waals surface area contributed by atoms with Gasteiger partial charge in [-0.25, -0.2) is 0 Å². The third-order valence-corrected chi connectivity index (χ3v) is 10.6. The molecular formula is C48H31N3. The molecule has 0 amide bonds. The van der Waals surface area contributed by atoms with Gasteiger partial charge in [0, 0.05) is 49.4 Å². The van der Waals surface area contributed by atoms with E-state index in [1.807, 2.05) is 0 Å². The van der Waals surface area contributed by atoms with Crippen LogP contribution in [0.25, 0.3) is 93.6 Å². The van der Waals surface area contributed by atoms with Crippen molar-refractivity contribution in [2.24, 2.45) is 0 Å². The molecule has 0 spiro atoms. The number of hydrogen-bond acceptors (Lipinski definition) is 0. The molecule has 11 aromatic rings. The maximum Gasteiger partial charge on any atom is 0.0788 e. The first kappa shape index (κ1) is 28.0. The van der Waals surface area contributed by atoms with Crippen LogP contribution in [0.5, 0.6) is 0 Å².